The van der Waals surface area contributed by atoms with Crippen molar-refractivity contribution < 1.29 is 4.79 Å². The van der Waals surface area contributed by atoms with E-state index in [1.54, 1.807) is 30.3 Å². The molecule has 2 aromatic rings. The number of aromatic nitrogens is 2. The van der Waals surface area contributed by atoms with E-state index in [0.717, 1.165) is 25.2 Å². The van der Waals surface area contributed by atoms with Crippen LogP contribution < -0.4 is 10.2 Å². The fourth-order valence-corrected chi connectivity index (χ4v) is 2.29. The molecule has 1 amide bonds. The third kappa shape index (κ3) is 4.56. The second kappa shape index (κ2) is 8.13. The van der Waals surface area contributed by atoms with Crippen LogP contribution in [0, 0.1) is 0 Å². The minimum absolute atomic E-state index is 0.216. The molecule has 0 aliphatic rings. The Morgan fingerprint density at radius 1 is 1.22 bits per heavy atom. The van der Waals surface area contributed by atoms with Crippen LogP contribution in [0.1, 0.15) is 30.3 Å². The number of nitrogens with one attached hydrogen (secondary N) is 1. The Bertz CT molecular complexity index is 676. The monoisotopic (exact) mass is 352 g/mol. The van der Waals surface area contributed by atoms with Crippen molar-refractivity contribution in [1.29, 1.82) is 0 Å². The maximum absolute atomic E-state index is 12.2. The number of carbonyl (C=O) groups is 1. The van der Waals surface area contributed by atoms with Crippen molar-refractivity contribution in [2.45, 2.75) is 19.8 Å². The molecule has 1 N–H and O–H groups in total. The minimum Gasteiger partial charge on any atom is -0.358 e. The second-order valence-electron chi connectivity index (χ2n) is 5.11. The number of carbonyl (C=O) groups excluding carboxylic acids is 1. The van der Waals surface area contributed by atoms with E-state index in [1.165, 1.54) is 0 Å². The zero-order chi connectivity index (χ0) is 16.8. The second-order valence-corrected chi connectivity index (χ2v) is 5.89. The molecule has 2 rings (SSSR count). The molecule has 0 aliphatic carbocycles. The summed E-state index contributed by atoms with van der Waals surface area (Å²) in [7, 11) is 1.95. The number of benzene rings is 1. The number of unbranched alkanes of at least 4 members (excludes halogenated alkanes) is 1. The van der Waals surface area contributed by atoms with Gasteiger partial charge in [0.05, 0.1) is 15.7 Å². The van der Waals surface area contributed by atoms with Crippen molar-refractivity contribution in [3.8, 4) is 0 Å². The zero-order valence-electron chi connectivity index (χ0n) is 13.0. The molecule has 0 aliphatic heterocycles. The highest BCUT2D eigenvalue weighted by Gasteiger charge is 2.12. The molecule has 122 valence electrons. The van der Waals surface area contributed by atoms with E-state index in [9.17, 15) is 4.79 Å². The van der Waals surface area contributed by atoms with Crippen LogP contribution in [0.2, 0.25) is 10.0 Å². The molecule has 1 aromatic heterocycles. The molecule has 5 nitrogen and oxygen atoms in total. The lowest BCUT2D eigenvalue weighted by Crippen LogP contribution is -2.21. The maximum Gasteiger partial charge on any atom is 0.276 e. The van der Waals surface area contributed by atoms with E-state index >= 15 is 0 Å². The molecule has 1 heterocycles. The van der Waals surface area contributed by atoms with Crippen LogP contribution in [0.5, 0.6) is 0 Å². The number of hydrogen-bond donors (Lipinski definition) is 1. The highest BCUT2D eigenvalue weighted by atomic mass is 35.5. The predicted molar refractivity (Wildman–Crippen MR) is 94.6 cm³/mol. The first-order chi connectivity index (χ1) is 11.0. The third-order valence-corrected chi connectivity index (χ3v) is 4.14. The van der Waals surface area contributed by atoms with E-state index in [2.05, 4.69) is 22.4 Å². The van der Waals surface area contributed by atoms with Gasteiger partial charge in [-0.3, -0.25) is 4.79 Å². The summed E-state index contributed by atoms with van der Waals surface area (Å²) in [5.41, 5.74) is 0.656. The van der Waals surface area contributed by atoms with Gasteiger partial charge in [-0.25, -0.2) is 0 Å². The predicted octanol–water partition coefficient (Wildman–Crippen LogP) is 4.27. The van der Waals surface area contributed by atoms with E-state index in [0.29, 0.717) is 15.7 Å². The minimum atomic E-state index is -0.385. The first kappa shape index (κ1) is 17.5. The van der Waals surface area contributed by atoms with Gasteiger partial charge >= 0.3 is 0 Å². The lowest BCUT2D eigenvalue weighted by Gasteiger charge is -2.16. The Morgan fingerprint density at radius 3 is 2.65 bits per heavy atom. The van der Waals surface area contributed by atoms with Gasteiger partial charge in [0, 0.05) is 13.6 Å². The van der Waals surface area contributed by atoms with Gasteiger partial charge in [-0.15, -0.1) is 10.2 Å². The average molecular weight is 353 g/mol. The Morgan fingerprint density at radius 2 is 2.00 bits per heavy atom. The molecular formula is C16H18Cl2N4O. The Balaban J connectivity index is 2.07. The molecule has 7 heteroatoms. The summed E-state index contributed by atoms with van der Waals surface area (Å²) < 4.78 is 0. The van der Waals surface area contributed by atoms with Crippen molar-refractivity contribution in [3.05, 3.63) is 46.1 Å². The molecule has 1 aromatic carbocycles. The highest BCUT2D eigenvalue weighted by Crippen LogP contribution is 2.29. The molecule has 0 radical (unpaired) electrons. The smallest absolute Gasteiger partial charge is 0.276 e. The first-order valence-corrected chi connectivity index (χ1v) is 8.08. The molecule has 0 atom stereocenters. The molecule has 0 spiro atoms. The van der Waals surface area contributed by atoms with Gasteiger partial charge in [-0.2, -0.15) is 0 Å². The van der Waals surface area contributed by atoms with Crippen LogP contribution in [0.15, 0.2) is 30.3 Å². The quantitative estimate of drug-likeness (QED) is 0.843. The lowest BCUT2D eigenvalue weighted by molar-refractivity contribution is 0.102. The molecule has 23 heavy (non-hydrogen) atoms. The third-order valence-electron chi connectivity index (χ3n) is 3.32. The van der Waals surface area contributed by atoms with Crippen molar-refractivity contribution in [1.82, 2.24) is 10.2 Å². The summed E-state index contributed by atoms with van der Waals surface area (Å²) in [6.07, 6.45) is 2.19. The van der Waals surface area contributed by atoms with Crippen molar-refractivity contribution in [2.24, 2.45) is 0 Å². The summed E-state index contributed by atoms with van der Waals surface area (Å²) >= 11 is 12.0. The standard InChI is InChI=1S/C16H18Cl2N4O/c1-3-4-10-22(2)14-9-8-13(20-21-14)16(23)19-12-7-5-6-11(17)15(12)18/h5-9H,3-4,10H2,1-2H3,(H,19,23). The van der Waals surface area contributed by atoms with Crippen LogP contribution >= 0.6 is 23.2 Å². The fraction of sp³-hybridized carbons (Fsp3) is 0.312. The van der Waals surface area contributed by atoms with Gasteiger partial charge in [0.2, 0.25) is 0 Å². The fourth-order valence-electron chi connectivity index (χ4n) is 1.95. The summed E-state index contributed by atoms with van der Waals surface area (Å²) in [6, 6.07) is 8.45. The number of amides is 1. The summed E-state index contributed by atoms with van der Waals surface area (Å²) in [6.45, 7) is 3.03. The van der Waals surface area contributed by atoms with Gasteiger partial charge in [0.1, 0.15) is 0 Å². The maximum atomic E-state index is 12.2. The van der Waals surface area contributed by atoms with Gasteiger partial charge < -0.3 is 10.2 Å². The Hall–Kier alpha value is -1.85. The average Bonchev–Trinajstić information content (AvgIpc) is 2.57. The Labute approximate surface area is 145 Å². The van der Waals surface area contributed by atoms with Crippen molar-refractivity contribution in [3.63, 3.8) is 0 Å². The zero-order valence-corrected chi connectivity index (χ0v) is 14.5. The SMILES string of the molecule is CCCCN(C)c1ccc(C(=O)Nc2cccc(Cl)c2Cl)nn1. The topological polar surface area (TPSA) is 58.1 Å². The van der Waals surface area contributed by atoms with Gasteiger partial charge in [-0.1, -0.05) is 42.6 Å². The summed E-state index contributed by atoms with van der Waals surface area (Å²) in [4.78, 5) is 14.2. The molecule has 0 bridgehead atoms. The van der Waals surface area contributed by atoms with Gasteiger partial charge in [-0.05, 0) is 30.7 Å². The van der Waals surface area contributed by atoms with Gasteiger partial charge in [0.25, 0.3) is 5.91 Å². The molecular weight excluding hydrogens is 335 g/mol. The molecule has 0 unspecified atom stereocenters. The van der Waals surface area contributed by atoms with Crippen LogP contribution in [-0.4, -0.2) is 29.7 Å². The van der Waals surface area contributed by atoms with Crippen LogP contribution in [0.25, 0.3) is 0 Å². The largest absolute Gasteiger partial charge is 0.358 e. The van der Waals surface area contributed by atoms with Crippen molar-refractivity contribution in [2.75, 3.05) is 23.8 Å². The molecule has 0 saturated carbocycles. The van der Waals surface area contributed by atoms with E-state index in [4.69, 9.17) is 23.2 Å². The number of nitrogens with zero attached hydrogens (tertiary/aromatic N) is 3. The summed E-state index contributed by atoms with van der Waals surface area (Å²) in [5, 5.41) is 11.4. The van der Waals surface area contributed by atoms with Crippen LogP contribution in [-0.2, 0) is 0 Å². The summed E-state index contributed by atoms with van der Waals surface area (Å²) in [5.74, 6) is 0.347. The van der Waals surface area contributed by atoms with Crippen molar-refractivity contribution >= 4 is 40.6 Å². The van der Waals surface area contributed by atoms with Gasteiger partial charge in [0.15, 0.2) is 11.5 Å². The van der Waals surface area contributed by atoms with Crippen LogP contribution in [0.3, 0.4) is 0 Å². The lowest BCUT2D eigenvalue weighted by atomic mass is 10.3. The Kier molecular flexibility index (Phi) is 6.19. The van der Waals surface area contributed by atoms with E-state index < -0.39 is 0 Å². The molecule has 0 fully saturated rings. The number of anilines is 2. The highest BCUT2D eigenvalue weighted by molar-refractivity contribution is 6.44. The molecule has 0 saturated heterocycles. The number of hydrogen-bond acceptors (Lipinski definition) is 4. The van der Waals surface area contributed by atoms with E-state index in [1.807, 2.05) is 11.9 Å². The normalized spacial score (nSPS) is 10.4. The van der Waals surface area contributed by atoms with E-state index in [-0.39, 0.29) is 11.6 Å². The number of halogens is 2. The number of rotatable bonds is 6. The van der Waals surface area contributed by atoms with Crippen LogP contribution in [0.4, 0.5) is 11.5 Å². The first-order valence-electron chi connectivity index (χ1n) is 7.33.